The Balaban J connectivity index is 1.24. The van der Waals surface area contributed by atoms with Crippen molar-refractivity contribution in [3.63, 3.8) is 0 Å². The average molecular weight is 501 g/mol. The molecule has 1 saturated heterocycles. The van der Waals surface area contributed by atoms with Gasteiger partial charge in [-0.25, -0.2) is 9.59 Å². The van der Waals surface area contributed by atoms with E-state index in [1.165, 1.54) is 0 Å². The van der Waals surface area contributed by atoms with Gasteiger partial charge in [-0.05, 0) is 67.9 Å². The molecule has 192 valence electrons. The predicted octanol–water partition coefficient (Wildman–Crippen LogP) is 4.71. The number of carbonyl (C=O) groups is 3. The first kappa shape index (κ1) is 25.8. The summed E-state index contributed by atoms with van der Waals surface area (Å²) in [6.45, 7) is 6.98. The molecule has 0 radical (unpaired) electrons. The molecular weight excluding hydrogens is 468 g/mol. The second-order valence-corrected chi connectivity index (χ2v) is 8.96. The highest BCUT2D eigenvalue weighted by molar-refractivity contribution is 6.00. The summed E-state index contributed by atoms with van der Waals surface area (Å²) >= 11 is 0. The zero-order chi connectivity index (χ0) is 26.2. The molecule has 8 heteroatoms. The van der Waals surface area contributed by atoms with Gasteiger partial charge in [-0.3, -0.25) is 4.79 Å². The van der Waals surface area contributed by atoms with Crippen molar-refractivity contribution in [1.82, 2.24) is 4.90 Å². The summed E-state index contributed by atoms with van der Waals surface area (Å²) in [6.07, 6.45) is 0.430. The maximum Gasteiger partial charge on any atom is 0.338 e. The molecular formula is C29H32N4O4. The monoisotopic (exact) mass is 500 g/mol. The number of piperazine rings is 1. The van der Waals surface area contributed by atoms with Crippen LogP contribution in [0.15, 0.2) is 72.8 Å². The van der Waals surface area contributed by atoms with Crippen molar-refractivity contribution in [2.75, 3.05) is 48.3 Å². The lowest BCUT2D eigenvalue weighted by atomic mass is 10.1. The van der Waals surface area contributed by atoms with Crippen molar-refractivity contribution in [3.8, 4) is 0 Å². The number of hydrogen-bond donors (Lipinski definition) is 2. The lowest BCUT2D eigenvalue weighted by molar-refractivity contribution is -0.130. The number of urea groups is 1. The minimum absolute atomic E-state index is 0.159. The zero-order valence-electron chi connectivity index (χ0n) is 21.2. The largest absolute Gasteiger partial charge is 0.462 e. The molecule has 4 rings (SSSR count). The number of anilines is 3. The van der Waals surface area contributed by atoms with Crippen LogP contribution in [-0.4, -0.2) is 55.6 Å². The molecule has 1 heterocycles. The number of ether oxygens (including phenoxy) is 1. The van der Waals surface area contributed by atoms with Crippen molar-refractivity contribution >= 4 is 35.0 Å². The second-order valence-electron chi connectivity index (χ2n) is 8.96. The molecule has 1 fully saturated rings. The summed E-state index contributed by atoms with van der Waals surface area (Å²) in [5.41, 5.74) is 4.92. The maximum atomic E-state index is 12.7. The van der Waals surface area contributed by atoms with Crippen molar-refractivity contribution in [2.24, 2.45) is 0 Å². The Morgan fingerprint density at radius 2 is 1.46 bits per heavy atom. The number of amides is 3. The van der Waals surface area contributed by atoms with E-state index >= 15 is 0 Å². The van der Waals surface area contributed by atoms with Crippen LogP contribution >= 0.6 is 0 Å². The lowest BCUT2D eigenvalue weighted by Gasteiger charge is -2.36. The lowest BCUT2D eigenvalue weighted by Crippen LogP contribution is -2.49. The minimum Gasteiger partial charge on any atom is -0.462 e. The number of nitrogens with zero attached hydrogens (tertiary/aromatic N) is 2. The molecule has 0 saturated carbocycles. The van der Waals surface area contributed by atoms with Crippen LogP contribution in [0.1, 0.15) is 28.4 Å². The third kappa shape index (κ3) is 7.10. The molecule has 1 aliphatic rings. The van der Waals surface area contributed by atoms with E-state index in [4.69, 9.17) is 4.74 Å². The third-order valence-electron chi connectivity index (χ3n) is 6.21. The second kappa shape index (κ2) is 12.1. The molecule has 3 amide bonds. The Kier molecular flexibility index (Phi) is 8.40. The number of nitrogens with one attached hydrogen (secondary N) is 2. The highest BCUT2D eigenvalue weighted by Gasteiger charge is 2.21. The molecule has 37 heavy (non-hydrogen) atoms. The molecule has 0 aromatic heterocycles. The van der Waals surface area contributed by atoms with Crippen LogP contribution in [0.2, 0.25) is 0 Å². The van der Waals surface area contributed by atoms with Gasteiger partial charge in [-0.2, -0.15) is 0 Å². The Morgan fingerprint density at radius 1 is 0.838 bits per heavy atom. The van der Waals surface area contributed by atoms with E-state index in [-0.39, 0.29) is 11.9 Å². The van der Waals surface area contributed by atoms with Crippen LogP contribution in [0.4, 0.5) is 21.9 Å². The van der Waals surface area contributed by atoms with Crippen LogP contribution < -0.4 is 15.5 Å². The molecule has 3 aromatic carbocycles. The molecule has 3 aromatic rings. The molecule has 0 atom stereocenters. The number of rotatable bonds is 7. The van der Waals surface area contributed by atoms with Gasteiger partial charge in [-0.1, -0.05) is 29.8 Å². The minimum atomic E-state index is -0.395. The quantitative estimate of drug-likeness (QED) is 0.459. The summed E-state index contributed by atoms with van der Waals surface area (Å²) in [5, 5.41) is 5.57. The molecule has 0 spiro atoms. The fourth-order valence-corrected chi connectivity index (χ4v) is 4.28. The first-order chi connectivity index (χ1) is 17.9. The van der Waals surface area contributed by atoms with E-state index in [1.807, 2.05) is 54.3 Å². The van der Waals surface area contributed by atoms with Gasteiger partial charge >= 0.3 is 12.0 Å². The van der Waals surface area contributed by atoms with E-state index in [1.54, 1.807) is 31.2 Å². The Bertz CT molecular complexity index is 1230. The molecule has 0 aliphatic carbocycles. The van der Waals surface area contributed by atoms with E-state index in [0.717, 1.165) is 29.9 Å². The summed E-state index contributed by atoms with van der Waals surface area (Å²) in [7, 11) is 0. The van der Waals surface area contributed by atoms with E-state index < -0.39 is 5.97 Å². The Labute approximate surface area is 217 Å². The smallest absolute Gasteiger partial charge is 0.338 e. The van der Waals surface area contributed by atoms with Gasteiger partial charge in [0, 0.05) is 43.2 Å². The Morgan fingerprint density at radius 3 is 2.05 bits per heavy atom. The van der Waals surface area contributed by atoms with Gasteiger partial charge in [0.25, 0.3) is 0 Å². The normalized spacial score (nSPS) is 13.1. The molecule has 8 nitrogen and oxygen atoms in total. The van der Waals surface area contributed by atoms with Crippen LogP contribution in [0.5, 0.6) is 0 Å². The molecule has 2 N–H and O–H groups in total. The van der Waals surface area contributed by atoms with Crippen molar-refractivity contribution in [3.05, 3.63) is 89.5 Å². The number of aryl methyl sites for hydroxylation is 1. The van der Waals surface area contributed by atoms with E-state index in [2.05, 4.69) is 21.6 Å². The van der Waals surface area contributed by atoms with Crippen LogP contribution in [-0.2, 0) is 16.0 Å². The number of hydrogen-bond acceptors (Lipinski definition) is 5. The van der Waals surface area contributed by atoms with Gasteiger partial charge in [0.1, 0.15) is 0 Å². The van der Waals surface area contributed by atoms with Gasteiger partial charge in [0.15, 0.2) is 0 Å². The fraction of sp³-hybridized carbons (Fsp3) is 0.276. The van der Waals surface area contributed by atoms with Crippen LogP contribution in [0.3, 0.4) is 0 Å². The number of carbonyl (C=O) groups excluding carboxylic acids is 3. The topological polar surface area (TPSA) is 91.0 Å². The molecule has 1 aliphatic heterocycles. The standard InChI is InChI=1S/C29H32N4O4/c1-3-37-28(35)23-7-9-24(10-8-23)30-29(36)31-25-11-13-26(14-12-25)32-15-17-33(18-16-32)27(34)20-22-6-4-5-21(2)19-22/h4-14,19H,3,15-18,20H2,1-2H3,(H2,30,31,36). The SMILES string of the molecule is CCOC(=O)c1ccc(NC(=O)Nc2ccc(N3CCN(C(=O)Cc4cccc(C)c4)CC3)cc2)cc1. The van der Waals surface area contributed by atoms with Gasteiger partial charge in [0.05, 0.1) is 18.6 Å². The fourth-order valence-electron chi connectivity index (χ4n) is 4.28. The summed E-state index contributed by atoms with van der Waals surface area (Å²) in [6, 6.07) is 21.9. The summed E-state index contributed by atoms with van der Waals surface area (Å²) < 4.78 is 4.96. The van der Waals surface area contributed by atoms with Crippen LogP contribution in [0.25, 0.3) is 0 Å². The van der Waals surface area contributed by atoms with Crippen LogP contribution in [0, 0.1) is 6.92 Å². The Hall–Kier alpha value is -4.33. The third-order valence-corrected chi connectivity index (χ3v) is 6.21. The average Bonchev–Trinajstić information content (AvgIpc) is 2.90. The molecule has 0 unspecified atom stereocenters. The predicted molar refractivity (Wildman–Crippen MR) is 145 cm³/mol. The van der Waals surface area contributed by atoms with Crippen molar-refractivity contribution in [1.29, 1.82) is 0 Å². The first-order valence-electron chi connectivity index (χ1n) is 12.4. The van der Waals surface area contributed by atoms with E-state index in [0.29, 0.717) is 43.1 Å². The highest BCUT2D eigenvalue weighted by atomic mass is 16.5. The van der Waals surface area contributed by atoms with Crippen molar-refractivity contribution < 1.29 is 19.1 Å². The summed E-state index contributed by atoms with van der Waals surface area (Å²) in [4.78, 5) is 41.0. The van der Waals surface area contributed by atoms with Gasteiger partial charge in [0.2, 0.25) is 5.91 Å². The maximum absolute atomic E-state index is 12.7. The van der Waals surface area contributed by atoms with Crippen molar-refractivity contribution in [2.45, 2.75) is 20.3 Å². The summed E-state index contributed by atoms with van der Waals surface area (Å²) in [5.74, 6) is -0.236. The number of esters is 1. The molecule has 0 bridgehead atoms. The van der Waals surface area contributed by atoms with E-state index in [9.17, 15) is 14.4 Å². The van der Waals surface area contributed by atoms with Gasteiger partial charge in [-0.15, -0.1) is 0 Å². The highest BCUT2D eigenvalue weighted by Crippen LogP contribution is 2.20. The van der Waals surface area contributed by atoms with Gasteiger partial charge < -0.3 is 25.2 Å². The first-order valence-corrected chi connectivity index (χ1v) is 12.4. The zero-order valence-corrected chi connectivity index (χ0v) is 21.2. The number of benzene rings is 3.